The van der Waals surface area contributed by atoms with E-state index in [4.69, 9.17) is 4.74 Å². The van der Waals surface area contributed by atoms with E-state index in [9.17, 15) is 9.59 Å². The molecule has 194 valence electrons. The normalized spacial score (nSPS) is 13.8. The van der Waals surface area contributed by atoms with Crippen LogP contribution in [0.2, 0.25) is 0 Å². The van der Waals surface area contributed by atoms with Gasteiger partial charge in [0.1, 0.15) is 17.9 Å². The van der Waals surface area contributed by atoms with Gasteiger partial charge in [-0.05, 0) is 43.2 Å². The van der Waals surface area contributed by atoms with Gasteiger partial charge in [-0.1, -0.05) is 30.3 Å². The third-order valence-corrected chi connectivity index (χ3v) is 6.79. The summed E-state index contributed by atoms with van der Waals surface area (Å²) in [4.78, 5) is 36.2. The van der Waals surface area contributed by atoms with Crippen molar-refractivity contribution in [1.82, 2.24) is 25.1 Å². The van der Waals surface area contributed by atoms with Gasteiger partial charge in [-0.3, -0.25) is 9.59 Å². The minimum Gasteiger partial charge on any atom is -0.497 e. The predicted molar refractivity (Wildman–Crippen MR) is 146 cm³/mol. The molecule has 4 aromatic rings. The molecule has 1 amide bonds. The molecule has 38 heavy (non-hydrogen) atoms. The lowest BCUT2D eigenvalue weighted by Gasteiger charge is -2.32. The highest BCUT2D eigenvalue weighted by Crippen LogP contribution is 2.25. The molecule has 0 radical (unpaired) electrons. The lowest BCUT2D eigenvalue weighted by atomic mass is 9.96. The van der Waals surface area contributed by atoms with Crippen LogP contribution < -0.4 is 20.5 Å². The van der Waals surface area contributed by atoms with E-state index in [1.807, 2.05) is 60.7 Å². The highest BCUT2D eigenvalue weighted by molar-refractivity contribution is 5.79. The first-order valence-corrected chi connectivity index (χ1v) is 12.7. The van der Waals surface area contributed by atoms with E-state index in [0.717, 1.165) is 54.3 Å². The highest BCUT2D eigenvalue weighted by atomic mass is 16.5. The smallest absolute Gasteiger partial charge is 0.266 e. The fourth-order valence-electron chi connectivity index (χ4n) is 4.61. The molecule has 1 aliphatic heterocycles. The molecule has 9 heteroatoms. The standard InChI is InChI=1S/C29H30N6O3/c1-38-24-9-7-22(8-10-24)25-11-12-28(36)35(33-25)18-15-30-29(37)23-13-16-34(17-14-23)27-19-26(31-20-32-27)21-5-3-2-4-6-21/h2-12,19-20,23H,13-18H2,1H3,(H,30,37). The molecule has 2 aromatic heterocycles. The molecule has 1 aliphatic rings. The summed E-state index contributed by atoms with van der Waals surface area (Å²) in [6.07, 6.45) is 3.07. The Kier molecular flexibility index (Phi) is 7.73. The van der Waals surface area contributed by atoms with Crippen molar-refractivity contribution in [2.75, 3.05) is 31.6 Å². The fourth-order valence-corrected chi connectivity index (χ4v) is 4.61. The van der Waals surface area contributed by atoms with Crippen molar-refractivity contribution >= 4 is 11.7 Å². The van der Waals surface area contributed by atoms with E-state index in [0.29, 0.717) is 18.8 Å². The second-order valence-corrected chi connectivity index (χ2v) is 9.19. The van der Waals surface area contributed by atoms with Crippen molar-refractivity contribution in [2.45, 2.75) is 19.4 Å². The van der Waals surface area contributed by atoms with Crippen LogP contribution in [0.25, 0.3) is 22.5 Å². The van der Waals surface area contributed by atoms with Gasteiger partial charge in [-0.15, -0.1) is 0 Å². The number of hydrogen-bond donors (Lipinski definition) is 1. The molecule has 0 bridgehead atoms. The van der Waals surface area contributed by atoms with Gasteiger partial charge in [0.15, 0.2) is 0 Å². The van der Waals surface area contributed by atoms with Gasteiger partial charge in [-0.25, -0.2) is 14.6 Å². The van der Waals surface area contributed by atoms with Crippen molar-refractivity contribution in [3.8, 4) is 28.3 Å². The zero-order valence-electron chi connectivity index (χ0n) is 21.3. The Morgan fingerprint density at radius 1 is 0.947 bits per heavy atom. The first kappa shape index (κ1) is 25.1. The maximum absolute atomic E-state index is 12.8. The number of benzene rings is 2. The van der Waals surface area contributed by atoms with E-state index >= 15 is 0 Å². The molecule has 1 fully saturated rings. The molecular formula is C29H30N6O3. The second kappa shape index (κ2) is 11.7. The number of nitrogens with zero attached hydrogens (tertiary/aromatic N) is 5. The van der Waals surface area contributed by atoms with E-state index in [2.05, 4.69) is 25.3 Å². The highest BCUT2D eigenvalue weighted by Gasteiger charge is 2.25. The van der Waals surface area contributed by atoms with Crippen LogP contribution in [0.15, 0.2) is 83.9 Å². The number of nitrogens with one attached hydrogen (secondary N) is 1. The number of carbonyl (C=O) groups excluding carboxylic acids is 1. The molecule has 5 rings (SSSR count). The van der Waals surface area contributed by atoms with Crippen LogP contribution in [0.1, 0.15) is 12.8 Å². The first-order valence-electron chi connectivity index (χ1n) is 12.7. The molecular weight excluding hydrogens is 480 g/mol. The van der Waals surface area contributed by atoms with Crippen LogP contribution in [-0.2, 0) is 11.3 Å². The zero-order valence-corrected chi connectivity index (χ0v) is 21.3. The van der Waals surface area contributed by atoms with Crippen molar-refractivity contribution in [3.05, 3.63) is 89.5 Å². The summed E-state index contributed by atoms with van der Waals surface area (Å²) in [7, 11) is 1.62. The Morgan fingerprint density at radius 3 is 2.42 bits per heavy atom. The molecule has 0 aliphatic carbocycles. The minimum absolute atomic E-state index is 0.0108. The molecule has 3 heterocycles. The number of aromatic nitrogens is 4. The monoisotopic (exact) mass is 510 g/mol. The molecule has 0 atom stereocenters. The molecule has 9 nitrogen and oxygen atoms in total. The summed E-state index contributed by atoms with van der Waals surface area (Å²) in [6.45, 7) is 2.13. The summed E-state index contributed by atoms with van der Waals surface area (Å²) >= 11 is 0. The number of piperidine rings is 1. The van der Waals surface area contributed by atoms with Crippen molar-refractivity contribution in [2.24, 2.45) is 5.92 Å². The van der Waals surface area contributed by atoms with Crippen LogP contribution in [0.5, 0.6) is 5.75 Å². The predicted octanol–water partition coefficient (Wildman–Crippen LogP) is 3.41. The topological polar surface area (TPSA) is 102 Å². The first-order chi connectivity index (χ1) is 18.6. The molecule has 0 spiro atoms. The molecule has 0 saturated carbocycles. The van der Waals surface area contributed by atoms with Crippen molar-refractivity contribution in [1.29, 1.82) is 0 Å². The molecule has 1 N–H and O–H groups in total. The van der Waals surface area contributed by atoms with Gasteiger partial charge >= 0.3 is 0 Å². The minimum atomic E-state index is -0.204. The number of amides is 1. The number of carbonyl (C=O) groups is 1. The molecule has 2 aromatic carbocycles. The average molecular weight is 511 g/mol. The Balaban J connectivity index is 1.13. The Hall–Kier alpha value is -4.53. The van der Waals surface area contributed by atoms with Gasteiger partial charge in [-0.2, -0.15) is 5.10 Å². The van der Waals surface area contributed by atoms with Crippen molar-refractivity contribution in [3.63, 3.8) is 0 Å². The third kappa shape index (κ3) is 5.88. The van der Waals surface area contributed by atoms with Crippen LogP contribution in [0.4, 0.5) is 5.82 Å². The quantitative estimate of drug-likeness (QED) is 0.388. The number of methoxy groups -OCH3 is 1. The second-order valence-electron chi connectivity index (χ2n) is 9.19. The maximum Gasteiger partial charge on any atom is 0.266 e. The Bertz CT molecular complexity index is 1430. The average Bonchev–Trinajstić information content (AvgIpc) is 2.99. The van der Waals surface area contributed by atoms with Crippen LogP contribution in [0.3, 0.4) is 0 Å². The maximum atomic E-state index is 12.8. The SMILES string of the molecule is COc1ccc(-c2ccc(=O)n(CCNC(=O)C3CCN(c4cc(-c5ccccc5)ncn4)CC3)n2)cc1. The summed E-state index contributed by atoms with van der Waals surface area (Å²) in [6, 6.07) is 22.7. The molecule has 1 saturated heterocycles. The van der Waals surface area contributed by atoms with Crippen LogP contribution >= 0.6 is 0 Å². The van der Waals surface area contributed by atoms with Gasteiger partial charge < -0.3 is 15.0 Å². The lowest BCUT2D eigenvalue weighted by molar-refractivity contribution is -0.125. The summed E-state index contributed by atoms with van der Waals surface area (Å²) in [5.74, 6) is 1.57. The zero-order chi connectivity index (χ0) is 26.3. The lowest BCUT2D eigenvalue weighted by Crippen LogP contribution is -2.42. The van der Waals surface area contributed by atoms with Gasteiger partial charge in [0, 0.05) is 48.8 Å². The van der Waals surface area contributed by atoms with Gasteiger partial charge in [0.25, 0.3) is 5.56 Å². The summed E-state index contributed by atoms with van der Waals surface area (Å²) < 4.78 is 6.59. The van der Waals surface area contributed by atoms with E-state index in [-0.39, 0.29) is 17.4 Å². The van der Waals surface area contributed by atoms with Crippen molar-refractivity contribution < 1.29 is 9.53 Å². The Morgan fingerprint density at radius 2 is 1.68 bits per heavy atom. The van der Waals surface area contributed by atoms with Crippen LogP contribution in [-0.4, -0.2) is 52.4 Å². The Labute approximate surface area is 221 Å². The fraction of sp³-hybridized carbons (Fsp3) is 0.276. The number of hydrogen-bond acceptors (Lipinski definition) is 7. The van der Waals surface area contributed by atoms with Gasteiger partial charge in [0.05, 0.1) is 25.0 Å². The number of ether oxygens (including phenoxy) is 1. The van der Waals surface area contributed by atoms with E-state index in [1.165, 1.54) is 10.7 Å². The van der Waals surface area contributed by atoms with E-state index < -0.39 is 0 Å². The largest absolute Gasteiger partial charge is 0.497 e. The molecule has 0 unspecified atom stereocenters. The summed E-state index contributed by atoms with van der Waals surface area (Å²) in [5.41, 5.74) is 3.30. The summed E-state index contributed by atoms with van der Waals surface area (Å²) in [5, 5.41) is 7.46. The van der Waals surface area contributed by atoms with E-state index in [1.54, 1.807) is 19.5 Å². The van der Waals surface area contributed by atoms with Gasteiger partial charge in [0.2, 0.25) is 5.91 Å². The number of anilines is 1. The number of rotatable bonds is 8. The van der Waals surface area contributed by atoms with Crippen LogP contribution in [0, 0.1) is 5.92 Å². The third-order valence-electron chi connectivity index (χ3n) is 6.79.